The molecule has 3 atom stereocenters. The Morgan fingerprint density at radius 2 is 2.21 bits per heavy atom. The molecule has 0 aromatic carbocycles. The third-order valence-corrected chi connectivity index (χ3v) is 4.08. The molecular weight excluding hydrogens is 244 g/mol. The van der Waals surface area contributed by atoms with E-state index in [1.165, 1.54) is 0 Å². The number of hydrogen-bond donors (Lipinski definition) is 3. The van der Waals surface area contributed by atoms with Gasteiger partial charge in [0.05, 0.1) is 18.3 Å². The zero-order chi connectivity index (χ0) is 14.2. The molecule has 0 aliphatic heterocycles. The van der Waals surface area contributed by atoms with Crippen LogP contribution in [0.5, 0.6) is 0 Å². The number of nitrogens with two attached hydrogens (primary N) is 1. The van der Waals surface area contributed by atoms with Gasteiger partial charge in [0, 0.05) is 24.7 Å². The number of hydrogen-bond acceptors (Lipinski definition) is 4. The van der Waals surface area contributed by atoms with Crippen LogP contribution < -0.4 is 11.1 Å². The number of imidazole rings is 1. The number of nitrogens with zero attached hydrogens (tertiary/aromatic N) is 2. The zero-order valence-corrected chi connectivity index (χ0v) is 11.7. The van der Waals surface area contributed by atoms with Crippen LogP contribution in [0.25, 0.3) is 0 Å². The molecule has 19 heavy (non-hydrogen) atoms. The van der Waals surface area contributed by atoms with Crippen molar-refractivity contribution in [2.24, 2.45) is 18.7 Å². The number of aliphatic hydroxyl groups excluding tert-OH is 1. The molecule has 1 fully saturated rings. The molecule has 0 saturated heterocycles. The molecule has 0 unspecified atom stereocenters. The fraction of sp³-hybridized carbons (Fsp3) is 0.692. The number of aromatic nitrogens is 2. The average Bonchev–Trinajstić information content (AvgIpc) is 2.82. The van der Waals surface area contributed by atoms with Gasteiger partial charge < -0.3 is 20.7 Å². The highest BCUT2D eigenvalue weighted by molar-refractivity contribution is 5.79. The molecule has 1 aromatic heterocycles. The Morgan fingerprint density at radius 3 is 2.68 bits per heavy atom. The van der Waals surface area contributed by atoms with Crippen molar-refractivity contribution in [3.8, 4) is 0 Å². The predicted octanol–water partition coefficient (Wildman–Crippen LogP) is -0.249. The van der Waals surface area contributed by atoms with Crippen molar-refractivity contribution in [3.63, 3.8) is 0 Å². The van der Waals surface area contributed by atoms with E-state index in [0.717, 1.165) is 17.2 Å². The van der Waals surface area contributed by atoms with Gasteiger partial charge in [0.2, 0.25) is 5.91 Å². The van der Waals surface area contributed by atoms with Crippen molar-refractivity contribution >= 4 is 5.91 Å². The monoisotopic (exact) mass is 266 g/mol. The van der Waals surface area contributed by atoms with Crippen molar-refractivity contribution in [2.45, 2.75) is 45.4 Å². The first-order valence-electron chi connectivity index (χ1n) is 6.60. The highest BCUT2D eigenvalue weighted by Gasteiger charge is 2.34. The summed E-state index contributed by atoms with van der Waals surface area (Å²) in [6, 6.07) is -0.284. The summed E-state index contributed by atoms with van der Waals surface area (Å²) in [5.41, 5.74) is 7.79. The first kappa shape index (κ1) is 14.0. The highest BCUT2D eigenvalue weighted by Crippen LogP contribution is 2.24. The normalized spacial score (nSPS) is 26.7. The smallest absolute Gasteiger partial charge is 0.223 e. The lowest BCUT2D eigenvalue weighted by Gasteiger charge is -2.10. The zero-order valence-electron chi connectivity index (χ0n) is 11.7. The summed E-state index contributed by atoms with van der Waals surface area (Å²) in [7, 11) is 1.94. The first-order valence-corrected chi connectivity index (χ1v) is 6.60. The molecule has 6 nitrogen and oxygen atoms in total. The fourth-order valence-corrected chi connectivity index (χ4v) is 2.52. The van der Waals surface area contributed by atoms with Crippen LogP contribution in [0.1, 0.15) is 30.1 Å². The lowest BCUT2D eigenvalue weighted by atomic mass is 10.1. The standard InChI is InChI=1S/C13H22N4O2/c1-7-8(2)17(3)12(16-7)6-15-13(19)9-4-10(14)11(18)5-9/h9-11,18H,4-6,14H2,1-3H3,(H,15,19)/t9-,10+,11+/m0/s1. The van der Waals surface area contributed by atoms with Gasteiger partial charge in [0.15, 0.2) is 0 Å². The van der Waals surface area contributed by atoms with Gasteiger partial charge in [-0.1, -0.05) is 0 Å². The summed E-state index contributed by atoms with van der Waals surface area (Å²) in [6.07, 6.45) is 0.436. The van der Waals surface area contributed by atoms with Gasteiger partial charge in [0.1, 0.15) is 5.82 Å². The van der Waals surface area contributed by atoms with E-state index in [-0.39, 0.29) is 17.9 Å². The van der Waals surface area contributed by atoms with Gasteiger partial charge >= 0.3 is 0 Å². The second-order valence-electron chi connectivity index (χ2n) is 5.38. The van der Waals surface area contributed by atoms with Crippen molar-refractivity contribution in [1.82, 2.24) is 14.9 Å². The molecule has 1 aromatic rings. The second kappa shape index (κ2) is 5.30. The van der Waals surface area contributed by atoms with Crippen LogP contribution in [-0.4, -0.2) is 32.7 Å². The van der Waals surface area contributed by atoms with Crippen LogP contribution in [0.2, 0.25) is 0 Å². The summed E-state index contributed by atoms with van der Waals surface area (Å²) in [4.78, 5) is 16.4. The summed E-state index contributed by atoms with van der Waals surface area (Å²) in [5.74, 6) is 0.601. The van der Waals surface area contributed by atoms with E-state index in [1.807, 2.05) is 25.5 Å². The van der Waals surface area contributed by atoms with Gasteiger partial charge in [-0.25, -0.2) is 4.98 Å². The van der Waals surface area contributed by atoms with Crippen LogP contribution >= 0.6 is 0 Å². The summed E-state index contributed by atoms with van der Waals surface area (Å²) < 4.78 is 1.98. The van der Waals surface area contributed by atoms with E-state index in [0.29, 0.717) is 19.4 Å². The number of amides is 1. The van der Waals surface area contributed by atoms with Crippen LogP contribution in [0.3, 0.4) is 0 Å². The molecule has 1 saturated carbocycles. The van der Waals surface area contributed by atoms with E-state index in [9.17, 15) is 9.90 Å². The minimum absolute atomic E-state index is 0.0506. The first-order chi connectivity index (χ1) is 8.90. The molecular formula is C13H22N4O2. The second-order valence-corrected chi connectivity index (χ2v) is 5.38. The van der Waals surface area contributed by atoms with Crippen LogP contribution in [0.15, 0.2) is 0 Å². The molecule has 1 heterocycles. The Balaban J connectivity index is 1.92. The van der Waals surface area contributed by atoms with Crippen molar-refractivity contribution in [1.29, 1.82) is 0 Å². The molecule has 1 amide bonds. The number of carbonyl (C=O) groups is 1. The third kappa shape index (κ3) is 2.79. The number of nitrogens with one attached hydrogen (secondary N) is 1. The van der Waals surface area contributed by atoms with Gasteiger partial charge in [-0.15, -0.1) is 0 Å². The molecule has 1 aliphatic carbocycles. The topological polar surface area (TPSA) is 93.2 Å². The Bertz CT molecular complexity index is 473. The molecule has 0 spiro atoms. The van der Waals surface area contributed by atoms with Gasteiger partial charge in [-0.2, -0.15) is 0 Å². The number of aliphatic hydroxyl groups is 1. The largest absolute Gasteiger partial charge is 0.391 e. The minimum Gasteiger partial charge on any atom is -0.391 e. The molecule has 0 radical (unpaired) electrons. The van der Waals surface area contributed by atoms with Crippen LogP contribution in [0, 0.1) is 19.8 Å². The van der Waals surface area contributed by atoms with Crippen molar-refractivity contribution in [3.05, 3.63) is 17.2 Å². The fourth-order valence-electron chi connectivity index (χ4n) is 2.52. The Hall–Kier alpha value is -1.40. The predicted molar refractivity (Wildman–Crippen MR) is 71.2 cm³/mol. The molecule has 106 valence electrons. The van der Waals surface area contributed by atoms with Gasteiger partial charge in [-0.05, 0) is 26.7 Å². The maximum Gasteiger partial charge on any atom is 0.223 e. The molecule has 1 aliphatic rings. The molecule has 0 bridgehead atoms. The van der Waals surface area contributed by atoms with E-state index in [4.69, 9.17) is 5.73 Å². The molecule has 4 N–H and O–H groups in total. The summed E-state index contributed by atoms with van der Waals surface area (Å²) >= 11 is 0. The number of aryl methyl sites for hydroxylation is 1. The van der Waals surface area contributed by atoms with Gasteiger partial charge in [-0.3, -0.25) is 4.79 Å². The third-order valence-electron chi connectivity index (χ3n) is 4.08. The maximum absolute atomic E-state index is 12.0. The Kier molecular flexibility index (Phi) is 3.91. The van der Waals surface area contributed by atoms with Crippen molar-refractivity contribution < 1.29 is 9.90 Å². The van der Waals surface area contributed by atoms with E-state index in [2.05, 4.69) is 10.3 Å². The molecule has 2 rings (SSSR count). The van der Waals surface area contributed by atoms with Gasteiger partial charge in [0.25, 0.3) is 0 Å². The minimum atomic E-state index is -0.562. The Labute approximate surface area is 113 Å². The van der Waals surface area contributed by atoms with Crippen LogP contribution in [-0.2, 0) is 18.4 Å². The highest BCUT2D eigenvalue weighted by atomic mass is 16.3. The van der Waals surface area contributed by atoms with Crippen molar-refractivity contribution in [2.75, 3.05) is 0 Å². The quantitative estimate of drug-likeness (QED) is 0.703. The SMILES string of the molecule is Cc1nc(CNC(=O)[C@H]2C[C@@H](N)[C@H](O)C2)n(C)c1C. The average molecular weight is 266 g/mol. The van der Waals surface area contributed by atoms with E-state index >= 15 is 0 Å². The number of carbonyl (C=O) groups excluding carboxylic acids is 1. The van der Waals surface area contributed by atoms with Crippen LogP contribution in [0.4, 0.5) is 0 Å². The Morgan fingerprint density at radius 1 is 1.53 bits per heavy atom. The van der Waals surface area contributed by atoms with E-state index in [1.54, 1.807) is 0 Å². The van der Waals surface area contributed by atoms with E-state index < -0.39 is 6.10 Å². The maximum atomic E-state index is 12.0. The summed E-state index contributed by atoms with van der Waals surface area (Å²) in [6.45, 7) is 4.36. The molecule has 6 heteroatoms. The lowest BCUT2D eigenvalue weighted by molar-refractivity contribution is -0.125. The summed E-state index contributed by atoms with van der Waals surface area (Å²) in [5, 5.41) is 12.4. The lowest BCUT2D eigenvalue weighted by Crippen LogP contribution is -2.31. The number of rotatable bonds is 3.